The Hall–Kier alpha value is -4.00. The van der Waals surface area contributed by atoms with Gasteiger partial charge < -0.3 is 37.0 Å². The number of aliphatic carboxylic acids is 3. The van der Waals surface area contributed by atoms with Crippen LogP contribution in [0.1, 0.15) is 45.1 Å². The molecule has 1 aromatic carbocycles. The summed E-state index contributed by atoms with van der Waals surface area (Å²) in [7, 11) is 0. The molecule has 0 aliphatic carbocycles. The molecular weight excluding hydrogens is 488 g/mol. The molecule has 204 valence electrons. The van der Waals surface area contributed by atoms with Gasteiger partial charge in [-0.1, -0.05) is 50.6 Å². The summed E-state index contributed by atoms with van der Waals surface area (Å²) in [6, 6.07) is 3.54. The molecule has 5 atom stereocenters. The highest BCUT2D eigenvalue weighted by molar-refractivity contribution is 5.95. The molecule has 5 unspecified atom stereocenters. The highest BCUT2D eigenvalue weighted by Gasteiger charge is 2.33. The molecule has 0 spiro atoms. The predicted octanol–water partition coefficient (Wildman–Crippen LogP) is -0.519. The molecular formula is C24H34N4O9. The van der Waals surface area contributed by atoms with Gasteiger partial charge in [0.15, 0.2) is 0 Å². The SMILES string of the molecule is CCC(C)C(NC(=O)C(N)Cc1ccccc1)C(=O)NC(CC(=O)O)C(=O)NC(CCC(=O)O)C(=O)O. The van der Waals surface area contributed by atoms with E-state index in [1.54, 1.807) is 38.1 Å². The van der Waals surface area contributed by atoms with Gasteiger partial charge in [0.1, 0.15) is 18.1 Å². The topological polar surface area (TPSA) is 225 Å². The molecule has 0 fully saturated rings. The summed E-state index contributed by atoms with van der Waals surface area (Å²) < 4.78 is 0. The first-order valence-electron chi connectivity index (χ1n) is 11.7. The summed E-state index contributed by atoms with van der Waals surface area (Å²) in [5, 5.41) is 34.1. The Morgan fingerprint density at radius 3 is 1.95 bits per heavy atom. The number of nitrogens with one attached hydrogen (secondary N) is 3. The van der Waals surface area contributed by atoms with Crippen molar-refractivity contribution in [2.24, 2.45) is 11.7 Å². The van der Waals surface area contributed by atoms with E-state index in [4.69, 9.17) is 10.8 Å². The number of carbonyl (C=O) groups excluding carboxylic acids is 3. The second-order valence-corrected chi connectivity index (χ2v) is 8.66. The van der Waals surface area contributed by atoms with E-state index < -0.39 is 85.0 Å². The largest absolute Gasteiger partial charge is 0.481 e. The smallest absolute Gasteiger partial charge is 0.326 e. The van der Waals surface area contributed by atoms with E-state index in [1.807, 2.05) is 6.07 Å². The van der Waals surface area contributed by atoms with Crippen LogP contribution < -0.4 is 21.7 Å². The quantitative estimate of drug-likeness (QED) is 0.147. The Balaban J connectivity index is 2.99. The molecule has 0 heterocycles. The maximum Gasteiger partial charge on any atom is 0.326 e. The van der Waals surface area contributed by atoms with Gasteiger partial charge in [0, 0.05) is 6.42 Å². The highest BCUT2D eigenvalue weighted by Crippen LogP contribution is 2.11. The molecule has 0 aliphatic heterocycles. The van der Waals surface area contributed by atoms with E-state index in [1.165, 1.54) is 0 Å². The van der Waals surface area contributed by atoms with E-state index in [0.29, 0.717) is 6.42 Å². The molecule has 37 heavy (non-hydrogen) atoms. The normalized spacial score (nSPS) is 14.8. The summed E-state index contributed by atoms with van der Waals surface area (Å²) >= 11 is 0. The van der Waals surface area contributed by atoms with Gasteiger partial charge in [-0.2, -0.15) is 0 Å². The molecule has 1 rings (SSSR count). The number of carboxylic acids is 3. The van der Waals surface area contributed by atoms with E-state index in [9.17, 15) is 39.0 Å². The molecule has 0 bridgehead atoms. The Bertz CT molecular complexity index is 970. The lowest BCUT2D eigenvalue weighted by Crippen LogP contribution is -2.59. The standard InChI is InChI=1S/C24H34N4O9/c1-3-13(2)20(28-21(33)15(25)11-14-7-5-4-6-8-14)23(35)27-17(12-19(31)32)22(34)26-16(24(36)37)9-10-18(29)30/h4-8,13,15-17,20H,3,9-12,25H2,1-2H3,(H,26,34)(H,27,35)(H,28,33)(H,29,30)(H,31,32)(H,36,37). The lowest BCUT2D eigenvalue weighted by molar-refractivity contribution is -0.144. The van der Waals surface area contributed by atoms with E-state index in [0.717, 1.165) is 5.56 Å². The van der Waals surface area contributed by atoms with Crippen molar-refractivity contribution in [3.05, 3.63) is 35.9 Å². The van der Waals surface area contributed by atoms with Crippen LogP contribution in [0.15, 0.2) is 30.3 Å². The number of hydrogen-bond donors (Lipinski definition) is 7. The minimum atomic E-state index is -1.68. The van der Waals surface area contributed by atoms with Crippen molar-refractivity contribution < 1.29 is 44.1 Å². The number of amides is 3. The van der Waals surface area contributed by atoms with Crippen molar-refractivity contribution in [3.63, 3.8) is 0 Å². The fourth-order valence-corrected chi connectivity index (χ4v) is 3.37. The fraction of sp³-hybridized carbons (Fsp3) is 0.500. The average Bonchev–Trinajstić information content (AvgIpc) is 2.83. The Labute approximate surface area is 213 Å². The van der Waals surface area contributed by atoms with Gasteiger partial charge in [0.05, 0.1) is 12.5 Å². The van der Waals surface area contributed by atoms with Crippen molar-refractivity contribution in [3.8, 4) is 0 Å². The minimum Gasteiger partial charge on any atom is -0.481 e. The monoisotopic (exact) mass is 522 g/mol. The molecule has 0 saturated carbocycles. The van der Waals surface area contributed by atoms with Crippen molar-refractivity contribution in [1.82, 2.24) is 16.0 Å². The molecule has 1 aromatic rings. The number of carboxylic acid groups (broad SMARTS) is 3. The lowest BCUT2D eigenvalue weighted by Gasteiger charge is -2.27. The first kappa shape index (κ1) is 31.0. The number of benzene rings is 1. The molecule has 13 nitrogen and oxygen atoms in total. The third-order valence-corrected chi connectivity index (χ3v) is 5.70. The van der Waals surface area contributed by atoms with Crippen LogP contribution in [-0.2, 0) is 35.2 Å². The Morgan fingerprint density at radius 1 is 0.838 bits per heavy atom. The van der Waals surface area contributed by atoms with Crippen LogP contribution in [0.3, 0.4) is 0 Å². The molecule has 0 saturated heterocycles. The summed E-state index contributed by atoms with van der Waals surface area (Å²) in [6.45, 7) is 3.44. The number of rotatable bonds is 16. The predicted molar refractivity (Wildman–Crippen MR) is 130 cm³/mol. The van der Waals surface area contributed by atoms with Crippen molar-refractivity contribution >= 4 is 35.6 Å². The molecule has 0 aliphatic rings. The van der Waals surface area contributed by atoms with Crippen LogP contribution in [0.5, 0.6) is 0 Å². The van der Waals surface area contributed by atoms with E-state index in [-0.39, 0.29) is 6.42 Å². The summed E-state index contributed by atoms with van der Waals surface area (Å²) in [5.74, 6) is -7.28. The van der Waals surface area contributed by atoms with Gasteiger partial charge in [-0.25, -0.2) is 4.79 Å². The van der Waals surface area contributed by atoms with Gasteiger partial charge in [0.25, 0.3) is 0 Å². The first-order chi connectivity index (χ1) is 17.3. The molecule has 0 aromatic heterocycles. The molecule has 13 heteroatoms. The fourth-order valence-electron chi connectivity index (χ4n) is 3.37. The van der Waals surface area contributed by atoms with Gasteiger partial charge in [-0.05, 0) is 24.3 Å². The highest BCUT2D eigenvalue weighted by atomic mass is 16.4. The second-order valence-electron chi connectivity index (χ2n) is 8.66. The Kier molecular flexibility index (Phi) is 12.7. The van der Waals surface area contributed by atoms with Gasteiger partial charge >= 0.3 is 17.9 Å². The van der Waals surface area contributed by atoms with Gasteiger partial charge in [0.2, 0.25) is 17.7 Å². The zero-order valence-electron chi connectivity index (χ0n) is 20.7. The van der Waals surface area contributed by atoms with E-state index >= 15 is 0 Å². The van der Waals surface area contributed by atoms with Crippen LogP contribution in [0, 0.1) is 5.92 Å². The first-order valence-corrected chi connectivity index (χ1v) is 11.7. The Morgan fingerprint density at radius 2 is 1.43 bits per heavy atom. The van der Waals surface area contributed by atoms with Crippen LogP contribution >= 0.6 is 0 Å². The zero-order valence-corrected chi connectivity index (χ0v) is 20.7. The lowest BCUT2D eigenvalue weighted by atomic mass is 9.96. The number of carbonyl (C=O) groups is 6. The van der Waals surface area contributed by atoms with Crippen LogP contribution in [-0.4, -0.2) is 75.1 Å². The number of hydrogen-bond acceptors (Lipinski definition) is 7. The number of nitrogens with two attached hydrogens (primary N) is 1. The summed E-state index contributed by atoms with van der Waals surface area (Å²) in [4.78, 5) is 71.9. The van der Waals surface area contributed by atoms with Crippen LogP contribution in [0.4, 0.5) is 0 Å². The summed E-state index contributed by atoms with van der Waals surface area (Å²) in [5.41, 5.74) is 6.81. The van der Waals surface area contributed by atoms with Gasteiger partial charge in [-0.3, -0.25) is 24.0 Å². The summed E-state index contributed by atoms with van der Waals surface area (Å²) in [6.07, 6.45) is -1.23. The maximum atomic E-state index is 13.1. The van der Waals surface area contributed by atoms with Crippen LogP contribution in [0.2, 0.25) is 0 Å². The maximum absolute atomic E-state index is 13.1. The molecule has 3 amide bonds. The van der Waals surface area contributed by atoms with Crippen molar-refractivity contribution in [2.75, 3.05) is 0 Å². The van der Waals surface area contributed by atoms with Crippen LogP contribution in [0.25, 0.3) is 0 Å². The van der Waals surface area contributed by atoms with Gasteiger partial charge in [-0.15, -0.1) is 0 Å². The van der Waals surface area contributed by atoms with E-state index in [2.05, 4.69) is 16.0 Å². The minimum absolute atomic E-state index is 0.207. The second kappa shape index (κ2) is 15.2. The molecule has 0 radical (unpaired) electrons. The third kappa shape index (κ3) is 11.1. The average molecular weight is 523 g/mol. The van der Waals surface area contributed by atoms with Crippen molar-refractivity contribution in [2.45, 2.75) is 70.1 Å². The van der Waals surface area contributed by atoms with Crippen molar-refractivity contribution in [1.29, 1.82) is 0 Å². The third-order valence-electron chi connectivity index (χ3n) is 5.70. The zero-order chi connectivity index (χ0) is 28.1. The molecule has 8 N–H and O–H groups in total.